The average Bonchev–Trinajstić information content (AvgIpc) is 2.54. The lowest BCUT2D eigenvalue weighted by atomic mass is 9.89. The van der Waals surface area contributed by atoms with Crippen molar-refractivity contribution in [2.45, 2.75) is 45.8 Å². The molecule has 0 saturated carbocycles. The molecule has 0 radical (unpaired) electrons. The molecule has 0 aromatic carbocycles. The first-order valence-electron chi connectivity index (χ1n) is 6.80. The minimum Gasteiger partial charge on any atom is -0.481 e. The molecule has 1 fully saturated rings. The lowest BCUT2D eigenvalue weighted by molar-refractivity contribution is 0.00578. The molecule has 108 valence electrons. The Morgan fingerprint density at radius 1 is 1.15 bits per heavy atom. The van der Waals surface area contributed by atoms with Gasteiger partial charge in [-0.15, -0.1) is 0 Å². The molecule has 4 nitrogen and oxygen atoms in total. The lowest BCUT2D eigenvalue weighted by Crippen LogP contribution is -2.41. The number of rotatable bonds is 3. The maximum atomic E-state index is 5.90. The summed E-state index contributed by atoms with van der Waals surface area (Å²) in [4.78, 5) is 4.37. The van der Waals surface area contributed by atoms with E-state index in [-0.39, 0.29) is 18.3 Å². The van der Waals surface area contributed by atoms with E-state index in [4.69, 9.17) is 14.0 Å². The van der Waals surface area contributed by atoms with Gasteiger partial charge in [0.25, 0.3) is 0 Å². The Hall–Kier alpha value is -1.33. The number of methoxy groups -OCH3 is 1. The highest BCUT2D eigenvalue weighted by atomic mass is 16.7. The summed E-state index contributed by atoms with van der Waals surface area (Å²) < 4.78 is 17.0. The molecule has 5 heteroatoms. The normalized spacial score (nSPS) is 20.6. The topological polar surface area (TPSA) is 40.6 Å². The number of ether oxygens (including phenoxy) is 1. The standard InChI is InChI=1S/C15H22BNO3/c1-11-9-12(17-13(10-11)18-6)7-8-16-19-14(2,3)15(4,5)20-16/h7-10H,1-6H3/b8-7+. The highest BCUT2D eigenvalue weighted by molar-refractivity contribution is 6.52. The molecule has 1 saturated heterocycles. The van der Waals surface area contributed by atoms with E-state index < -0.39 is 0 Å². The van der Waals surface area contributed by atoms with E-state index in [9.17, 15) is 0 Å². The summed E-state index contributed by atoms with van der Waals surface area (Å²) in [6.45, 7) is 10.2. The zero-order valence-electron chi connectivity index (χ0n) is 13.1. The van der Waals surface area contributed by atoms with Gasteiger partial charge < -0.3 is 14.0 Å². The number of pyridine rings is 1. The monoisotopic (exact) mass is 275 g/mol. The van der Waals surface area contributed by atoms with Gasteiger partial charge in [0, 0.05) is 6.07 Å². The maximum absolute atomic E-state index is 5.90. The van der Waals surface area contributed by atoms with E-state index in [1.807, 2.05) is 58.8 Å². The summed E-state index contributed by atoms with van der Waals surface area (Å²) in [6.07, 6.45) is 1.90. The van der Waals surface area contributed by atoms with Crippen molar-refractivity contribution >= 4 is 13.2 Å². The Balaban J connectivity index is 2.13. The molecule has 0 spiro atoms. The van der Waals surface area contributed by atoms with Crippen molar-refractivity contribution in [3.63, 3.8) is 0 Å². The molecule has 0 N–H and O–H groups in total. The largest absolute Gasteiger partial charge is 0.487 e. The molecule has 0 unspecified atom stereocenters. The van der Waals surface area contributed by atoms with Crippen molar-refractivity contribution in [1.82, 2.24) is 4.98 Å². The Labute approximate surface area is 121 Å². The van der Waals surface area contributed by atoms with Gasteiger partial charge in [0.2, 0.25) is 5.88 Å². The quantitative estimate of drug-likeness (QED) is 0.795. The highest BCUT2D eigenvalue weighted by Crippen LogP contribution is 2.37. The molecule has 2 heterocycles. The number of nitrogens with zero attached hydrogens (tertiary/aromatic N) is 1. The summed E-state index contributed by atoms with van der Waals surface area (Å²) in [5.41, 5.74) is 1.29. The number of aryl methyl sites for hydroxylation is 1. The Morgan fingerprint density at radius 3 is 2.30 bits per heavy atom. The zero-order chi connectivity index (χ0) is 15.0. The predicted molar refractivity (Wildman–Crippen MR) is 80.6 cm³/mol. The van der Waals surface area contributed by atoms with Crippen molar-refractivity contribution in [3.8, 4) is 5.88 Å². The molecule has 1 aliphatic rings. The van der Waals surface area contributed by atoms with Crippen LogP contribution in [0.2, 0.25) is 0 Å². The zero-order valence-corrected chi connectivity index (χ0v) is 13.1. The fraction of sp³-hybridized carbons (Fsp3) is 0.533. The van der Waals surface area contributed by atoms with E-state index >= 15 is 0 Å². The van der Waals surface area contributed by atoms with Crippen LogP contribution in [0, 0.1) is 6.92 Å². The van der Waals surface area contributed by atoms with Crippen LogP contribution in [-0.2, 0) is 9.31 Å². The Kier molecular flexibility index (Phi) is 3.94. The van der Waals surface area contributed by atoms with Crippen LogP contribution >= 0.6 is 0 Å². The van der Waals surface area contributed by atoms with E-state index in [0.717, 1.165) is 11.3 Å². The number of hydrogen-bond acceptors (Lipinski definition) is 4. The van der Waals surface area contributed by atoms with Crippen LogP contribution in [-0.4, -0.2) is 30.4 Å². The van der Waals surface area contributed by atoms with Gasteiger partial charge in [-0.1, -0.05) is 5.98 Å². The smallest absolute Gasteiger partial charge is 0.481 e. The van der Waals surface area contributed by atoms with Crippen LogP contribution in [0.25, 0.3) is 6.08 Å². The third-order valence-corrected chi connectivity index (χ3v) is 3.87. The molecule has 0 aliphatic carbocycles. The van der Waals surface area contributed by atoms with E-state index in [0.29, 0.717) is 5.88 Å². The van der Waals surface area contributed by atoms with Crippen molar-refractivity contribution in [2.24, 2.45) is 0 Å². The van der Waals surface area contributed by atoms with Crippen LogP contribution in [0.3, 0.4) is 0 Å². The average molecular weight is 275 g/mol. The van der Waals surface area contributed by atoms with Gasteiger partial charge in [0.05, 0.1) is 24.0 Å². The van der Waals surface area contributed by atoms with Crippen molar-refractivity contribution < 1.29 is 14.0 Å². The molecule has 0 atom stereocenters. The summed E-state index contributed by atoms with van der Waals surface area (Å²) in [6, 6.07) is 3.89. The van der Waals surface area contributed by atoms with E-state index in [2.05, 4.69) is 4.98 Å². The van der Waals surface area contributed by atoms with Gasteiger partial charge in [-0.3, -0.25) is 0 Å². The second kappa shape index (κ2) is 5.22. The van der Waals surface area contributed by atoms with Crippen LogP contribution < -0.4 is 4.74 Å². The second-order valence-electron chi connectivity index (χ2n) is 6.10. The van der Waals surface area contributed by atoms with Crippen LogP contribution in [0.5, 0.6) is 5.88 Å². The minimum absolute atomic E-state index is 0.320. The van der Waals surface area contributed by atoms with Gasteiger partial charge >= 0.3 is 7.12 Å². The Morgan fingerprint density at radius 2 is 1.75 bits per heavy atom. The summed E-state index contributed by atoms with van der Waals surface area (Å²) in [7, 11) is 1.26. The van der Waals surface area contributed by atoms with Crippen LogP contribution in [0.15, 0.2) is 18.1 Å². The van der Waals surface area contributed by atoms with Gasteiger partial charge in [-0.25, -0.2) is 4.98 Å². The van der Waals surface area contributed by atoms with Crippen molar-refractivity contribution in [3.05, 3.63) is 29.4 Å². The third-order valence-electron chi connectivity index (χ3n) is 3.87. The SMILES string of the molecule is COc1cc(C)cc(/C=C/B2OC(C)(C)C(C)(C)O2)n1. The number of aromatic nitrogens is 1. The highest BCUT2D eigenvalue weighted by Gasteiger charge is 2.49. The molecular formula is C15H22BNO3. The molecule has 1 aliphatic heterocycles. The van der Waals surface area contributed by atoms with Crippen LogP contribution in [0.1, 0.15) is 39.0 Å². The summed E-state index contributed by atoms with van der Waals surface area (Å²) in [5.74, 6) is 2.50. The summed E-state index contributed by atoms with van der Waals surface area (Å²) in [5, 5.41) is 0. The van der Waals surface area contributed by atoms with Gasteiger partial charge in [-0.05, 0) is 52.3 Å². The molecule has 0 amide bonds. The van der Waals surface area contributed by atoms with Gasteiger partial charge in [-0.2, -0.15) is 0 Å². The van der Waals surface area contributed by atoms with Crippen molar-refractivity contribution in [2.75, 3.05) is 7.11 Å². The predicted octanol–water partition coefficient (Wildman–Crippen LogP) is 3.04. The van der Waals surface area contributed by atoms with Gasteiger partial charge in [0.15, 0.2) is 0 Å². The van der Waals surface area contributed by atoms with Crippen molar-refractivity contribution in [1.29, 1.82) is 0 Å². The Bertz CT molecular complexity index is 510. The minimum atomic E-state index is -0.353. The molecule has 20 heavy (non-hydrogen) atoms. The molecule has 2 rings (SSSR count). The van der Waals surface area contributed by atoms with Crippen LogP contribution in [0.4, 0.5) is 0 Å². The first-order chi connectivity index (χ1) is 9.23. The molecule has 0 bridgehead atoms. The number of hydrogen-bond donors (Lipinski definition) is 0. The molecule has 1 aromatic heterocycles. The fourth-order valence-electron chi connectivity index (χ4n) is 2.00. The third kappa shape index (κ3) is 3.05. The lowest BCUT2D eigenvalue weighted by Gasteiger charge is -2.32. The fourth-order valence-corrected chi connectivity index (χ4v) is 2.00. The second-order valence-corrected chi connectivity index (χ2v) is 6.10. The molecule has 1 aromatic rings. The van der Waals surface area contributed by atoms with E-state index in [1.54, 1.807) is 7.11 Å². The molecular weight excluding hydrogens is 253 g/mol. The van der Waals surface area contributed by atoms with Gasteiger partial charge in [0.1, 0.15) is 0 Å². The first-order valence-corrected chi connectivity index (χ1v) is 6.80. The van der Waals surface area contributed by atoms with E-state index in [1.165, 1.54) is 0 Å². The maximum Gasteiger partial charge on any atom is 0.487 e. The summed E-state index contributed by atoms with van der Waals surface area (Å²) >= 11 is 0. The first kappa shape index (κ1) is 15.1.